The Kier molecular flexibility index (Phi) is 27.4. The number of quaternary nitrogens is 2. The fourth-order valence-corrected chi connectivity index (χ4v) is 6.09. The SMILES string of the molecule is CCCCCCCCC=CC[N+](C)(CCCC[N+](C)(CC=CCCCCCCCC)CCCN(C)C)CCCN(C)C. The molecule has 2 atom stereocenters. The maximum absolute atomic E-state index is 2.51. The molecule has 0 aliphatic rings. The van der Waals surface area contributed by atoms with E-state index in [4.69, 9.17) is 0 Å². The quantitative estimate of drug-likeness (QED) is 0.0450. The molecule has 0 spiro atoms. The Morgan fingerprint density at radius 1 is 0.405 bits per heavy atom. The molecule has 0 heterocycles. The second kappa shape index (κ2) is 27.8. The minimum Gasteiger partial charge on any atom is -0.323 e. The summed E-state index contributed by atoms with van der Waals surface area (Å²) < 4.78 is 2.40. The van der Waals surface area contributed by atoms with Crippen LogP contribution in [0.2, 0.25) is 0 Å². The van der Waals surface area contributed by atoms with Crippen LogP contribution < -0.4 is 0 Å². The Morgan fingerprint density at radius 2 is 0.738 bits per heavy atom. The zero-order chi connectivity index (χ0) is 31.4. The van der Waals surface area contributed by atoms with Crippen LogP contribution in [0.25, 0.3) is 0 Å². The maximum Gasteiger partial charge on any atom is 0.0971 e. The molecule has 4 nitrogen and oxygen atoms in total. The Morgan fingerprint density at radius 3 is 1.10 bits per heavy atom. The third-order valence-electron chi connectivity index (χ3n) is 9.13. The normalized spacial score (nSPS) is 15.4. The highest BCUT2D eigenvalue weighted by Gasteiger charge is 2.23. The van der Waals surface area contributed by atoms with E-state index < -0.39 is 0 Å². The molecule has 0 radical (unpaired) electrons. The lowest BCUT2D eigenvalue weighted by Gasteiger charge is -2.36. The van der Waals surface area contributed by atoms with Crippen LogP contribution in [-0.4, -0.2) is 113 Å². The first-order valence-electron chi connectivity index (χ1n) is 18.4. The first-order chi connectivity index (χ1) is 20.2. The maximum atomic E-state index is 2.51. The molecule has 0 bridgehead atoms. The molecular weight excluding hydrogens is 512 g/mol. The van der Waals surface area contributed by atoms with Gasteiger partial charge in [-0.3, -0.25) is 0 Å². The molecule has 0 rings (SSSR count). The van der Waals surface area contributed by atoms with Gasteiger partial charge in [0.15, 0.2) is 0 Å². The molecule has 0 saturated heterocycles. The number of nitrogens with zero attached hydrogens (tertiary/aromatic N) is 4. The van der Waals surface area contributed by atoms with Crippen molar-refractivity contribution in [3.05, 3.63) is 24.3 Å². The highest BCUT2D eigenvalue weighted by atomic mass is 15.3. The summed E-state index contributed by atoms with van der Waals surface area (Å²) in [5.74, 6) is 0. The van der Waals surface area contributed by atoms with Crippen molar-refractivity contribution in [3.8, 4) is 0 Å². The number of allylic oxidation sites excluding steroid dienone is 2. The van der Waals surface area contributed by atoms with Gasteiger partial charge >= 0.3 is 0 Å². The summed E-state index contributed by atoms with van der Waals surface area (Å²) in [6.45, 7) is 14.6. The van der Waals surface area contributed by atoms with Crippen LogP contribution in [0.5, 0.6) is 0 Å². The summed E-state index contributed by atoms with van der Waals surface area (Å²) >= 11 is 0. The molecule has 0 aliphatic carbocycles. The Hall–Kier alpha value is -0.680. The molecule has 250 valence electrons. The van der Waals surface area contributed by atoms with Crippen LogP contribution in [0.4, 0.5) is 0 Å². The summed E-state index contributed by atoms with van der Waals surface area (Å²) in [7, 11) is 13.9. The molecule has 0 saturated carbocycles. The zero-order valence-corrected chi connectivity index (χ0v) is 30.5. The highest BCUT2D eigenvalue weighted by molar-refractivity contribution is 4.82. The van der Waals surface area contributed by atoms with Crippen LogP contribution in [0.15, 0.2) is 24.3 Å². The number of hydrogen-bond acceptors (Lipinski definition) is 2. The smallest absolute Gasteiger partial charge is 0.0971 e. The van der Waals surface area contributed by atoms with Gasteiger partial charge in [0, 0.05) is 38.8 Å². The van der Waals surface area contributed by atoms with Gasteiger partial charge in [0.25, 0.3) is 0 Å². The topological polar surface area (TPSA) is 6.48 Å². The molecule has 4 heteroatoms. The van der Waals surface area contributed by atoms with E-state index in [9.17, 15) is 0 Å². The highest BCUT2D eigenvalue weighted by Crippen LogP contribution is 2.14. The van der Waals surface area contributed by atoms with Crippen LogP contribution in [0.1, 0.15) is 129 Å². The number of unbranched alkanes of at least 4 members (excludes halogenated alkanes) is 13. The lowest BCUT2D eigenvalue weighted by atomic mass is 10.1. The summed E-state index contributed by atoms with van der Waals surface area (Å²) in [5, 5.41) is 0. The Labute approximate surface area is 266 Å². The molecule has 2 unspecified atom stereocenters. The van der Waals surface area contributed by atoms with Gasteiger partial charge < -0.3 is 18.8 Å². The number of rotatable bonds is 31. The molecule has 0 fully saturated rings. The van der Waals surface area contributed by atoms with Crippen molar-refractivity contribution in [1.29, 1.82) is 0 Å². The van der Waals surface area contributed by atoms with Gasteiger partial charge in [-0.25, -0.2) is 0 Å². The van der Waals surface area contributed by atoms with Crippen LogP contribution >= 0.6 is 0 Å². The van der Waals surface area contributed by atoms with Gasteiger partial charge in [0.1, 0.15) is 0 Å². The van der Waals surface area contributed by atoms with E-state index in [1.54, 1.807) is 0 Å². The predicted molar refractivity (Wildman–Crippen MR) is 191 cm³/mol. The third kappa shape index (κ3) is 26.9. The van der Waals surface area contributed by atoms with Gasteiger partial charge in [0.05, 0.1) is 53.4 Å². The van der Waals surface area contributed by atoms with E-state index in [1.165, 1.54) is 177 Å². The fourth-order valence-electron chi connectivity index (χ4n) is 6.09. The van der Waals surface area contributed by atoms with Gasteiger partial charge in [-0.05, 0) is 66.0 Å². The second-order valence-electron chi connectivity index (χ2n) is 14.6. The fraction of sp³-hybridized carbons (Fsp3) is 0.895. The van der Waals surface area contributed by atoms with Crippen molar-refractivity contribution >= 4 is 0 Å². The standard InChI is InChI=1S/C38H80N4/c1-9-11-13-15-17-19-21-23-25-33-41(7,37-29-31-39(3)4)35-27-28-36-42(8,38-30-32-40(5)6)34-26-24-22-20-18-16-14-12-10-2/h23-26H,9-22,27-38H2,1-8H3/q+2. The van der Waals surface area contributed by atoms with Crippen LogP contribution in [0, 0.1) is 0 Å². The largest absolute Gasteiger partial charge is 0.323 e. The van der Waals surface area contributed by atoms with Crippen LogP contribution in [0.3, 0.4) is 0 Å². The molecular formula is C38H80N4+2. The van der Waals surface area contributed by atoms with Crippen LogP contribution in [-0.2, 0) is 0 Å². The zero-order valence-electron chi connectivity index (χ0n) is 30.5. The van der Waals surface area contributed by atoms with Crippen molar-refractivity contribution in [1.82, 2.24) is 9.80 Å². The third-order valence-corrected chi connectivity index (χ3v) is 9.13. The minimum atomic E-state index is 1.19. The molecule has 0 aromatic carbocycles. The van der Waals surface area contributed by atoms with Crippen molar-refractivity contribution in [2.75, 3.05) is 94.6 Å². The monoisotopic (exact) mass is 593 g/mol. The van der Waals surface area contributed by atoms with Gasteiger partial charge in [-0.15, -0.1) is 0 Å². The molecule has 42 heavy (non-hydrogen) atoms. The Bertz CT molecular complexity index is 575. The van der Waals surface area contributed by atoms with Crippen molar-refractivity contribution in [2.45, 2.75) is 129 Å². The summed E-state index contributed by atoms with van der Waals surface area (Å²) in [5.41, 5.74) is 0. The lowest BCUT2D eigenvalue weighted by Crippen LogP contribution is -2.48. The van der Waals surface area contributed by atoms with Gasteiger partial charge in [0.2, 0.25) is 0 Å². The predicted octanol–water partition coefficient (Wildman–Crippen LogP) is 9.18. The van der Waals surface area contributed by atoms with Crippen molar-refractivity contribution in [3.63, 3.8) is 0 Å². The lowest BCUT2D eigenvalue weighted by molar-refractivity contribution is -0.910. The van der Waals surface area contributed by atoms with E-state index in [1.807, 2.05) is 0 Å². The van der Waals surface area contributed by atoms with E-state index in [0.717, 1.165) is 0 Å². The van der Waals surface area contributed by atoms with E-state index in [-0.39, 0.29) is 0 Å². The molecule has 0 N–H and O–H groups in total. The number of hydrogen-bond donors (Lipinski definition) is 0. The Balaban J connectivity index is 4.78. The van der Waals surface area contributed by atoms with Crippen molar-refractivity contribution < 1.29 is 8.97 Å². The second-order valence-corrected chi connectivity index (χ2v) is 14.6. The van der Waals surface area contributed by atoms with E-state index in [2.05, 4.69) is 90.2 Å². The number of likely N-dealkylation sites (N-methyl/N-ethyl adjacent to an activating group) is 2. The van der Waals surface area contributed by atoms with Gasteiger partial charge in [-0.2, -0.15) is 0 Å². The van der Waals surface area contributed by atoms with Gasteiger partial charge in [-0.1, -0.05) is 90.2 Å². The van der Waals surface area contributed by atoms with Crippen molar-refractivity contribution in [2.24, 2.45) is 0 Å². The molecule has 0 aromatic heterocycles. The minimum absolute atomic E-state index is 1.19. The van der Waals surface area contributed by atoms with E-state index >= 15 is 0 Å². The first-order valence-corrected chi connectivity index (χ1v) is 18.4. The first kappa shape index (κ1) is 41.3. The average molecular weight is 593 g/mol. The summed E-state index contributed by atoms with van der Waals surface area (Å²) in [6.07, 6.45) is 34.5. The summed E-state index contributed by atoms with van der Waals surface area (Å²) in [6, 6.07) is 0. The summed E-state index contributed by atoms with van der Waals surface area (Å²) in [4.78, 5) is 4.69. The average Bonchev–Trinajstić information content (AvgIpc) is 2.93. The molecule has 0 aliphatic heterocycles. The van der Waals surface area contributed by atoms with E-state index in [0.29, 0.717) is 0 Å². The molecule has 0 aromatic rings. The molecule has 0 amide bonds.